The highest BCUT2D eigenvalue weighted by Gasteiger charge is 2.18. The fourth-order valence-electron chi connectivity index (χ4n) is 3.30. The van der Waals surface area contributed by atoms with E-state index in [4.69, 9.17) is 35.7 Å². The Balaban J connectivity index is 0.000000464. The smallest absolute Gasteiger partial charge is 0.382 e. The molecule has 0 unspecified atom stereocenters. The van der Waals surface area contributed by atoms with E-state index >= 15 is 0 Å². The highest BCUT2D eigenvalue weighted by Crippen LogP contribution is 2.28. The number of aromatic nitrogens is 10. The van der Waals surface area contributed by atoms with Crippen LogP contribution < -0.4 is 11.5 Å². The summed E-state index contributed by atoms with van der Waals surface area (Å²) in [4.78, 5) is 59.5. The zero-order chi connectivity index (χ0) is 24.7. The minimum absolute atomic E-state index is 0.278. The van der Waals surface area contributed by atoms with Crippen molar-refractivity contribution in [3.63, 3.8) is 0 Å². The molecule has 0 fully saturated rings. The van der Waals surface area contributed by atoms with Gasteiger partial charge in [0.1, 0.15) is 23.9 Å². The largest absolute Gasteiger partial charge is 0.466 e. The van der Waals surface area contributed by atoms with Gasteiger partial charge >= 0.3 is 7.82 Å². The van der Waals surface area contributed by atoms with Crippen LogP contribution in [-0.2, 0) is 4.57 Å². The van der Waals surface area contributed by atoms with Crippen LogP contribution >= 0.6 is 7.82 Å². The predicted octanol–water partition coefficient (Wildman–Crippen LogP) is 0.328. The molecule has 6 rings (SSSR count). The van der Waals surface area contributed by atoms with Gasteiger partial charge in [0.2, 0.25) is 5.95 Å². The molecule has 5 heterocycles. The van der Waals surface area contributed by atoms with Gasteiger partial charge in [-0.3, -0.25) is 4.57 Å². The summed E-state index contributed by atoms with van der Waals surface area (Å²) in [5.41, 5.74) is 15.2. The van der Waals surface area contributed by atoms with Crippen LogP contribution in [0.1, 0.15) is 0 Å². The number of nitrogens with zero attached hydrogens (tertiary/aromatic N) is 9. The Labute approximate surface area is 194 Å². The van der Waals surface area contributed by atoms with Crippen molar-refractivity contribution in [3.8, 4) is 17.5 Å². The number of nitrogens with one attached hydrogen (secondary N) is 1. The predicted molar refractivity (Wildman–Crippen MR) is 124 cm³/mol. The van der Waals surface area contributed by atoms with Crippen LogP contribution in [0, 0.1) is 0 Å². The molecule has 8 N–H and O–H groups in total. The quantitative estimate of drug-likeness (QED) is 0.177. The summed E-state index contributed by atoms with van der Waals surface area (Å²) in [5.74, 6) is 1.24. The first kappa shape index (κ1) is 22.2. The van der Waals surface area contributed by atoms with Crippen molar-refractivity contribution in [2.24, 2.45) is 0 Å². The number of benzene rings is 1. The molecule has 0 radical (unpaired) electrons. The molecule has 0 aliphatic heterocycles. The van der Waals surface area contributed by atoms with Crippen molar-refractivity contribution in [3.05, 3.63) is 43.2 Å². The van der Waals surface area contributed by atoms with E-state index in [1.165, 1.54) is 12.7 Å². The minimum atomic E-state index is -4.64. The molecule has 35 heavy (non-hydrogen) atoms. The Bertz CT molecular complexity index is 1750. The number of H-pyrrole nitrogens is 1. The average molecular weight is 494 g/mol. The van der Waals surface area contributed by atoms with Gasteiger partial charge in [0.15, 0.2) is 34.3 Å². The summed E-state index contributed by atoms with van der Waals surface area (Å²) in [5, 5.41) is 0.772. The van der Waals surface area contributed by atoms with Gasteiger partial charge in [-0.05, 0) is 6.07 Å². The molecule has 1 aromatic carbocycles. The molecule has 6 aromatic rings. The highest BCUT2D eigenvalue weighted by atomic mass is 31.2. The van der Waals surface area contributed by atoms with E-state index in [9.17, 15) is 0 Å². The molecule has 0 bridgehead atoms. The number of imidazole rings is 2. The number of nitrogen functional groups attached to an aromatic ring is 2. The summed E-state index contributed by atoms with van der Waals surface area (Å²) in [6.45, 7) is 0. The van der Waals surface area contributed by atoms with E-state index < -0.39 is 7.82 Å². The summed E-state index contributed by atoms with van der Waals surface area (Å²) in [6.07, 6.45) is 4.44. The Morgan fingerprint density at radius 2 is 1.69 bits per heavy atom. The Kier molecular flexibility index (Phi) is 5.26. The van der Waals surface area contributed by atoms with Gasteiger partial charge in [-0.15, -0.1) is 0 Å². The topological polar surface area (TPSA) is 254 Å². The molecule has 0 aliphatic carbocycles. The molecule has 16 nitrogen and oxygen atoms in total. The molecule has 0 spiro atoms. The lowest BCUT2D eigenvalue weighted by atomic mass is 10.2. The zero-order valence-electron chi connectivity index (χ0n) is 17.4. The van der Waals surface area contributed by atoms with Crippen LogP contribution in [0.4, 0.5) is 11.6 Å². The van der Waals surface area contributed by atoms with Crippen LogP contribution in [0.3, 0.4) is 0 Å². The third-order valence-electron chi connectivity index (χ3n) is 4.69. The lowest BCUT2D eigenvalue weighted by Gasteiger charge is -2.09. The van der Waals surface area contributed by atoms with Crippen molar-refractivity contribution in [2.75, 3.05) is 11.5 Å². The number of anilines is 2. The molecule has 0 amide bonds. The van der Waals surface area contributed by atoms with E-state index in [0.29, 0.717) is 45.3 Å². The number of hydrogen-bond acceptors (Lipinski definition) is 11. The van der Waals surface area contributed by atoms with E-state index in [1.807, 2.05) is 24.3 Å². The number of para-hydroxylation sites is 1. The maximum atomic E-state index is 8.88. The van der Waals surface area contributed by atoms with Crippen molar-refractivity contribution in [1.82, 2.24) is 49.4 Å². The first-order valence-corrected chi connectivity index (χ1v) is 11.2. The highest BCUT2D eigenvalue weighted by molar-refractivity contribution is 7.45. The van der Waals surface area contributed by atoms with E-state index in [-0.39, 0.29) is 11.6 Å². The van der Waals surface area contributed by atoms with E-state index in [1.54, 1.807) is 10.9 Å². The van der Waals surface area contributed by atoms with Crippen LogP contribution in [0.15, 0.2) is 43.2 Å². The van der Waals surface area contributed by atoms with Gasteiger partial charge in [-0.2, -0.15) is 0 Å². The van der Waals surface area contributed by atoms with Crippen LogP contribution in [0.25, 0.3) is 50.7 Å². The number of rotatable bonds is 2. The SMILES string of the molecule is Nc1ncnc2c1ncn2-c1nc(-c2nc(N)c3[nH]cnc3n2)c2ccccc2n1.O=P(O)(O)O. The molecule has 176 valence electrons. The van der Waals surface area contributed by atoms with Gasteiger partial charge in [0.25, 0.3) is 0 Å². The van der Waals surface area contributed by atoms with Crippen molar-refractivity contribution < 1.29 is 19.2 Å². The van der Waals surface area contributed by atoms with Gasteiger partial charge in [-0.25, -0.2) is 44.4 Å². The number of nitrogens with two attached hydrogens (primary N) is 2. The van der Waals surface area contributed by atoms with Gasteiger partial charge < -0.3 is 31.1 Å². The minimum Gasteiger partial charge on any atom is -0.382 e. The van der Waals surface area contributed by atoms with E-state index in [0.717, 1.165) is 5.39 Å². The molecule has 5 aromatic heterocycles. The second-order valence-electron chi connectivity index (χ2n) is 6.98. The van der Waals surface area contributed by atoms with Crippen LogP contribution in [0.2, 0.25) is 0 Å². The second kappa shape index (κ2) is 8.30. The number of hydrogen-bond donors (Lipinski definition) is 6. The first-order valence-electron chi connectivity index (χ1n) is 9.65. The maximum absolute atomic E-state index is 8.88. The fraction of sp³-hybridized carbons (Fsp3) is 0. The number of aromatic amines is 1. The van der Waals surface area contributed by atoms with E-state index in [2.05, 4.69) is 39.9 Å². The average Bonchev–Trinajstić information content (AvgIpc) is 3.45. The Morgan fingerprint density at radius 3 is 2.49 bits per heavy atom. The maximum Gasteiger partial charge on any atom is 0.466 e. The van der Waals surface area contributed by atoms with Gasteiger partial charge in [0.05, 0.1) is 11.8 Å². The van der Waals surface area contributed by atoms with Crippen LogP contribution in [0.5, 0.6) is 0 Å². The van der Waals surface area contributed by atoms with Gasteiger partial charge in [0, 0.05) is 5.39 Å². The molecular weight excluding hydrogens is 479 g/mol. The van der Waals surface area contributed by atoms with Gasteiger partial charge in [-0.1, -0.05) is 18.2 Å². The summed E-state index contributed by atoms with van der Waals surface area (Å²) in [6, 6.07) is 7.56. The lowest BCUT2D eigenvalue weighted by Crippen LogP contribution is -2.06. The fourth-order valence-corrected chi connectivity index (χ4v) is 3.30. The number of phosphoric acid groups is 1. The molecule has 17 heteroatoms. The summed E-state index contributed by atoms with van der Waals surface area (Å²) in [7, 11) is -4.64. The van der Waals surface area contributed by atoms with Crippen molar-refractivity contribution in [1.29, 1.82) is 0 Å². The third-order valence-corrected chi connectivity index (χ3v) is 4.69. The first-order chi connectivity index (χ1) is 16.7. The Hall–Kier alpha value is -4.63. The normalized spacial score (nSPS) is 11.6. The molecule has 0 atom stereocenters. The third kappa shape index (κ3) is 4.32. The van der Waals surface area contributed by atoms with Crippen molar-refractivity contribution in [2.45, 2.75) is 0 Å². The lowest BCUT2D eigenvalue weighted by molar-refractivity contribution is 0.275. The molecular formula is C18H15N12O4P. The monoisotopic (exact) mass is 494 g/mol. The Morgan fingerprint density at radius 1 is 0.914 bits per heavy atom. The summed E-state index contributed by atoms with van der Waals surface area (Å²) >= 11 is 0. The second-order valence-corrected chi connectivity index (χ2v) is 8.01. The zero-order valence-corrected chi connectivity index (χ0v) is 18.3. The molecule has 0 saturated carbocycles. The van der Waals surface area contributed by atoms with Crippen molar-refractivity contribution >= 4 is 52.7 Å². The standard InChI is InChI=1S/C18H12N12.H3O4P/c19-13-12-17(24-6-22-13)30(7-25-12)18-26-9-4-2-1-3-8(9)10(27-18)16-28-14(20)11-15(29-16)23-5-21-11;1-5(2,3)4/h1-7H,(H2,19,22,24)(H3,20,21,23,28,29);(H3,1,2,3,4). The summed E-state index contributed by atoms with van der Waals surface area (Å²) < 4.78 is 10.5. The van der Waals surface area contributed by atoms with Crippen LogP contribution in [-0.4, -0.2) is 64.1 Å². The number of fused-ring (bicyclic) bond motifs is 3. The molecule has 0 saturated heterocycles. The molecule has 0 aliphatic rings.